The van der Waals surface area contributed by atoms with E-state index >= 15 is 0 Å². The van der Waals surface area contributed by atoms with Crippen molar-refractivity contribution < 1.29 is 28.5 Å². The third kappa shape index (κ3) is 5.18. The smallest absolute Gasteiger partial charge is 0.410 e. The molecule has 0 unspecified atom stereocenters. The maximum Gasteiger partial charge on any atom is 0.410 e. The molecule has 1 amide bonds. The van der Waals surface area contributed by atoms with E-state index in [9.17, 15) is 9.59 Å². The van der Waals surface area contributed by atoms with E-state index in [0.717, 1.165) is 12.8 Å². The van der Waals surface area contributed by atoms with Crippen molar-refractivity contribution in [3.8, 4) is 11.5 Å². The first-order valence-corrected chi connectivity index (χ1v) is 10.1. The number of nitrogen functional groups attached to an aromatic ring is 1. The van der Waals surface area contributed by atoms with Gasteiger partial charge in [-0.05, 0) is 45.6 Å². The third-order valence-electron chi connectivity index (χ3n) is 4.74. The summed E-state index contributed by atoms with van der Waals surface area (Å²) in [6.45, 7) is 7.56. The van der Waals surface area contributed by atoms with Gasteiger partial charge in [-0.2, -0.15) is 0 Å². The van der Waals surface area contributed by atoms with Crippen LogP contribution in [0.15, 0.2) is 6.07 Å². The van der Waals surface area contributed by atoms with Gasteiger partial charge < -0.3 is 29.6 Å². The van der Waals surface area contributed by atoms with Gasteiger partial charge in [0.25, 0.3) is 0 Å². The fourth-order valence-corrected chi connectivity index (χ4v) is 3.42. The molecule has 0 saturated carbocycles. The first-order valence-electron chi connectivity index (χ1n) is 9.68. The van der Waals surface area contributed by atoms with Gasteiger partial charge in [-0.15, -0.1) is 0 Å². The number of hydrogen-bond acceptors (Lipinski definition) is 7. The molecule has 8 nitrogen and oxygen atoms in total. The van der Waals surface area contributed by atoms with E-state index in [1.165, 1.54) is 6.07 Å². The number of nitrogens with two attached hydrogens (primary N) is 1. The molecule has 1 saturated heterocycles. The van der Waals surface area contributed by atoms with Crippen molar-refractivity contribution in [2.75, 3.05) is 38.6 Å². The molecule has 29 heavy (non-hydrogen) atoms. The van der Waals surface area contributed by atoms with E-state index in [4.69, 9.17) is 36.3 Å². The van der Waals surface area contributed by atoms with Crippen LogP contribution in [0, 0.1) is 5.92 Å². The van der Waals surface area contributed by atoms with Crippen molar-refractivity contribution in [3.05, 3.63) is 16.7 Å². The number of fused-ring (bicyclic) bond motifs is 1. The molecule has 9 heteroatoms. The Hall–Kier alpha value is -2.35. The molecule has 160 valence electrons. The lowest BCUT2D eigenvalue weighted by Crippen LogP contribution is -2.42. The summed E-state index contributed by atoms with van der Waals surface area (Å²) in [6.07, 6.45) is 1.15. The summed E-state index contributed by atoms with van der Waals surface area (Å²) in [5.74, 6) is 0.169. The van der Waals surface area contributed by atoms with Gasteiger partial charge in [0.2, 0.25) is 0 Å². The van der Waals surface area contributed by atoms with Gasteiger partial charge in [0, 0.05) is 13.1 Å². The van der Waals surface area contributed by atoms with Crippen LogP contribution >= 0.6 is 11.6 Å². The van der Waals surface area contributed by atoms with Crippen LogP contribution in [-0.4, -0.2) is 55.5 Å². The minimum absolute atomic E-state index is 0.162. The van der Waals surface area contributed by atoms with Gasteiger partial charge in [-0.3, -0.25) is 0 Å². The maximum absolute atomic E-state index is 12.6. The standard InChI is InChI=1S/C20H27ClN2O6/c1-20(2,3)29-19(25)23-6-4-12(5-7-23)11-28-18(24)13-10-14(21)15(22)17-16(13)26-8-9-27-17/h10,12H,4-9,11,22H2,1-3H3. The maximum atomic E-state index is 12.6. The molecule has 3 rings (SSSR count). The molecule has 0 aliphatic carbocycles. The normalized spacial score (nSPS) is 17.0. The average molecular weight is 427 g/mol. The van der Waals surface area contributed by atoms with Crippen LogP contribution in [0.25, 0.3) is 0 Å². The molecular weight excluding hydrogens is 400 g/mol. The largest absolute Gasteiger partial charge is 0.485 e. The lowest BCUT2D eigenvalue weighted by Gasteiger charge is -2.33. The van der Waals surface area contributed by atoms with Gasteiger partial charge in [0.1, 0.15) is 24.4 Å². The van der Waals surface area contributed by atoms with E-state index in [1.807, 2.05) is 20.8 Å². The molecular formula is C20H27ClN2O6. The number of hydrogen-bond donors (Lipinski definition) is 1. The topological polar surface area (TPSA) is 100 Å². The number of carbonyl (C=O) groups is 2. The van der Waals surface area contributed by atoms with E-state index < -0.39 is 11.6 Å². The Morgan fingerprint density at radius 3 is 2.45 bits per heavy atom. The van der Waals surface area contributed by atoms with Crippen molar-refractivity contribution >= 4 is 29.4 Å². The third-order valence-corrected chi connectivity index (χ3v) is 5.05. The Balaban J connectivity index is 1.55. The van der Waals surface area contributed by atoms with Gasteiger partial charge in [-0.1, -0.05) is 11.6 Å². The zero-order valence-electron chi connectivity index (χ0n) is 17.0. The quantitative estimate of drug-likeness (QED) is 0.583. The Bertz CT molecular complexity index is 784. The summed E-state index contributed by atoms with van der Waals surface area (Å²) in [5.41, 5.74) is 5.83. The molecule has 0 atom stereocenters. The summed E-state index contributed by atoms with van der Waals surface area (Å²) < 4.78 is 21.9. The van der Waals surface area contributed by atoms with Gasteiger partial charge >= 0.3 is 12.1 Å². The number of rotatable bonds is 3. The minimum atomic E-state index is -0.539. The lowest BCUT2D eigenvalue weighted by molar-refractivity contribution is 0.0114. The summed E-state index contributed by atoms with van der Waals surface area (Å²) in [7, 11) is 0. The lowest BCUT2D eigenvalue weighted by atomic mass is 9.98. The van der Waals surface area contributed by atoms with Gasteiger partial charge in [0.05, 0.1) is 17.3 Å². The fourth-order valence-electron chi connectivity index (χ4n) is 3.23. The second-order valence-electron chi connectivity index (χ2n) is 8.18. The second kappa shape index (κ2) is 8.57. The van der Waals surface area contributed by atoms with Crippen LogP contribution in [0.4, 0.5) is 10.5 Å². The highest BCUT2D eigenvalue weighted by molar-refractivity contribution is 6.34. The monoisotopic (exact) mass is 426 g/mol. The molecule has 1 aromatic rings. The highest BCUT2D eigenvalue weighted by atomic mass is 35.5. The average Bonchev–Trinajstić information content (AvgIpc) is 2.68. The van der Waals surface area contributed by atoms with Crippen LogP contribution in [0.5, 0.6) is 11.5 Å². The molecule has 0 radical (unpaired) electrons. The molecule has 1 fully saturated rings. The molecule has 1 aromatic carbocycles. The summed E-state index contributed by atoms with van der Waals surface area (Å²) in [5, 5.41) is 0.215. The molecule has 2 aliphatic heterocycles. The number of esters is 1. The Morgan fingerprint density at radius 1 is 1.21 bits per heavy atom. The first-order chi connectivity index (χ1) is 13.7. The van der Waals surface area contributed by atoms with E-state index in [1.54, 1.807) is 4.90 Å². The number of ether oxygens (including phenoxy) is 4. The van der Waals surface area contributed by atoms with Crippen molar-refractivity contribution in [2.45, 2.75) is 39.2 Å². The fraction of sp³-hybridized carbons (Fsp3) is 0.600. The summed E-state index contributed by atoms with van der Waals surface area (Å²) >= 11 is 6.12. The number of amides is 1. The van der Waals surface area contributed by atoms with Gasteiger partial charge in [-0.25, -0.2) is 9.59 Å². The number of anilines is 1. The molecule has 2 aliphatic rings. The Morgan fingerprint density at radius 2 is 1.83 bits per heavy atom. The van der Waals surface area contributed by atoms with Crippen LogP contribution in [0.3, 0.4) is 0 Å². The number of likely N-dealkylation sites (tertiary alicyclic amines) is 1. The number of piperidine rings is 1. The molecule has 0 aromatic heterocycles. The van der Waals surface area contributed by atoms with Crippen molar-refractivity contribution in [1.29, 1.82) is 0 Å². The van der Waals surface area contributed by atoms with Gasteiger partial charge in [0.15, 0.2) is 11.5 Å². The highest BCUT2D eigenvalue weighted by Gasteiger charge is 2.29. The molecule has 2 heterocycles. The molecule has 2 N–H and O–H groups in total. The molecule has 0 spiro atoms. The molecule has 0 bridgehead atoms. The first kappa shape index (κ1) is 21.4. The highest BCUT2D eigenvalue weighted by Crippen LogP contribution is 2.43. The minimum Gasteiger partial charge on any atom is -0.485 e. The number of halogens is 1. The summed E-state index contributed by atoms with van der Waals surface area (Å²) in [6, 6.07) is 1.44. The SMILES string of the molecule is CC(C)(C)OC(=O)N1CCC(COC(=O)c2cc(Cl)c(N)c3c2OCCO3)CC1. The number of carbonyl (C=O) groups excluding carboxylic acids is 2. The van der Waals surface area contributed by atoms with Crippen LogP contribution in [0.1, 0.15) is 44.0 Å². The Labute approximate surface area is 175 Å². The van der Waals surface area contributed by atoms with Crippen LogP contribution < -0.4 is 15.2 Å². The van der Waals surface area contributed by atoms with Crippen LogP contribution in [-0.2, 0) is 9.47 Å². The zero-order valence-corrected chi connectivity index (χ0v) is 17.7. The van der Waals surface area contributed by atoms with Crippen LogP contribution in [0.2, 0.25) is 5.02 Å². The predicted molar refractivity (Wildman–Crippen MR) is 108 cm³/mol. The van der Waals surface area contributed by atoms with E-state index in [-0.39, 0.29) is 46.4 Å². The van der Waals surface area contributed by atoms with Crippen molar-refractivity contribution in [1.82, 2.24) is 4.90 Å². The van der Waals surface area contributed by atoms with Crippen molar-refractivity contribution in [3.63, 3.8) is 0 Å². The van der Waals surface area contributed by atoms with E-state index in [2.05, 4.69) is 0 Å². The predicted octanol–water partition coefficient (Wildman–Crippen LogP) is 3.50. The Kier molecular flexibility index (Phi) is 6.31. The number of nitrogens with zero attached hydrogens (tertiary/aromatic N) is 1. The second-order valence-corrected chi connectivity index (χ2v) is 8.59. The van der Waals surface area contributed by atoms with E-state index in [0.29, 0.717) is 26.3 Å². The zero-order chi connectivity index (χ0) is 21.2. The number of benzene rings is 1. The van der Waals surface area contributed by atoms with Crippen molar-refractivity contribution in [2.24, 2.45) is 5.92 Å². The summed E-state index contributed by atoms with van der Waals surface area (Å²) in [4.78, 5) is 26.4.